The van der Waals surface area contributed by atoms with E-state index >= 15 is 0 Å². The first kappa shape index (κ1) is 29.7. The number of alkyl halides is 3. The van der Waals surface area contributed by atoms with Crippen molar-refractivity contribution in [1.29, 1.82) is 0 Å². The molecule has 5 rings (SSSR count). The minimum atomic E-state index is -5.13. The second kappa shape index (κ2) is 11.8. The molecule has 2 aromatic carbocycles. The van der Waals surface area contributed by atoms with E-state index in [9.17, 15) is 27.9 Å². The highest BCUT2D eigenvalue weighted by Gasteiger charge is 2.62. The molecule has 0 bridgehead atoms. The Morgan fingerprint density at radius 3 is 2.02 bits per heavy atom. The van der Waals surface area contributed by atoms with Gasteiger partial charge in [0.1, 0.15) is 0 Å². The first-order valence-electron chi connectivity index (χ1n) is 14.0. The molecule has 0 aliphatic carbocycles. The largest absolute Gasteiger partial charge is 0.430 e. The van der Waals surface area contributed by atoms with Gasteiger partial charge in [-0.2, -0.15) is 13.2 Å². The van der Waals surface area contributed by atoms with Crippen LogP contribution in [0.2, 0.25) is 5.02 Å². The lowest BCUT2D eigenvalue weighted by molar-refractivity contribution is -0.262. The summed E-state index contributed by atoms with van der Waals surface area (Å²) in [4.78, 5) is 30.9. The standard InChI is InChI=1S/C30H35ClF3N3O4/c1-41-24-18-37(19-24)27(38)25-8-7-23(17-26(25)31)35-13-9-20(10-14-35)21-11-15-36(16-12-21)28(39)29(40,30(32,33)34)22-5-3-2-4-6-22/h2-8,17,20-21,24,40H,9-16,18-19H2,1H3. The number of methoxy groups -OCH3 is 1. The second-order valence-electron chi connectivity index (χ2n) is 11.3. The molecule has 1 unspecified atom stereocenters. The van der Waals surface area contributed by atoms with Gasteiger partial charge >= 0.3 is 6.18 Å². The molecule has 0 aromatic heterocycles. The summed E-state index contributed by atoms with van der Waals surface area (Å²) in [6.45, 7) is 3.09. The van der Waals surface area contributed by atoms with Crippen LogP contribution in [0.25, 0.3) is 0 Å². The second-order valence-corrected chi connectivity index (χ2v) is 11.7. The maximum absolute atomic E-state index is 14.0. The van der Waals surface area contributed by atoms with E-state index in [4.69, 9.17) is 16.3 Å². The molecular formula is C30H35ClF3N3O4. The molecule has 3 saturated heterocycles. The highest BCUT2D eigenvalue weighted by atomic mass is 35.5. The molecule has 2 aromatic rings. The number of halogens is 4. The number of ether oxygens (including phenoxy) is 1. The topological polar surface area (TPSA) is 73.3 Å². The van der Waals surface area contributed by atoms with Crippen molar-refractivity contribution in [1.82, 2.24) is 9.80 Å². The quantitative estimate of drug-likeness (QED) is 0.525. The fourth-order valence-corrected chi connectivity index (χ4v) is 6.57. The van der Waals surface area contributed by atoms with Crippen molar-refractivity contribution in [3.8, 4) is 0 Å². The SMILES string of the molecule is COC1CN(C(=O)c2ccc(N3CCC(C4CCN(C(=O)C(O)(c5ccccc5)C(F)(F)F)CC4)CC3)cc2Cl)C1. The summed E-state index contributed by atoms with van der Waals surface area (Å²) < 4.78 is 47.2. The number of rotatable bonds is 6. The van der Waals surface area contributed by atoms with Crippen LogP contribution in [0, 0.1) is 11.8 Å². The molecule has 0 radical (unpaired) electrons. The molecule has 3 fully saturated rings. The lowest BCUT2D eigenvalue weighted by atomic mass is 9.78. The molecule has 3 heterocycles. The molecule has 7 nitrogen and oxygen atoms in total. The van der Waals surface area contributed by atoms with Crippen LogP contribution >= 0.6 is 11.6 Å². The van der Waals surface area contributed by atoms with Gasteiger partial charge in [0.05, 0.1) is 16.7 Å². The average molecular weight is 594 g/mol. The highest BCUT2D eigenvalue weighted by Crippen LogP contribution is 2.42. The number of benzene rings is 2. The van der Waals surface area contributed by atoms with E-state index < -0.39 is 23.2 Å². The summed E-state index contributed by atoms with van der Waals surface area (Å²) in [5, 5.41) is 11.1. The fourth-order valence-electron chi connectivity index (χ4n) is 6.32. The minimum Gasteiger partial charge on any atom is -0.378 e. The number of carbonyl (C=O) groups is 2. The zero-order valence-electron chi connectivity index (χ0n) is 22.9. The van der Waals surface area contributed by atoms with Gasteiger partial charge in [-0.3, -0.25) is 9.59 Å². The summed E-state index contributed by atoms with van der Waals surface area (Å²) in [5.74, 6) is -0.713. The van der Waals surface area contributed by atoms with Gasteiger partial charge in [-0.1, -0.05) is 41.9 Å². The van der Waals surface area contributed by atoms with Crippen molar-refractivity contribution in [2.45, 2.75) is 43.6 Å². The van der Waals surface area contributed by atoms with Gasteiger partial charge in [-0.05, 0) is 55.7 Å². The molecule has 3 aliphatic rings. The van der Waals surface area contributed by atoms with E-state index in [0.29, 0.717) is 48.4 Å². The Kier molecular flexibility index (Phi) is 8.55. The number of anilines is 1. The maximum Gasteiger partial charge on any atom is 0.430 e. The van der Waals surface area contributed by atoms with Crippen molar-refractivity contribution in [3.63, 3.8) is 0 Å². The molecule has 2 amide bonds. The number of piperidine rings is 2. The van der Waals surface area contributed by atoms with Gasteiger partial charge in [-0.25, -0.2) is 0 Å². The molecule has 222 valence electrons. The van der Waals surface area contributed by atoms with Crippen molar-refractivity contribution in [2.75, 3.05) is 51.3 Å². The Labute approximate surface area is 242 Å². The molecule has 1 N–H and O–H groups in total. The van der Waals surface area contributed by atoms with Gasteiger partial charge in [0.15, 0.2) is 0 Å². The molecular weight excluding hydrogens is 559 g/mol. The van der Waals surface area contributed by atoms with E-state index in [1.165, 1.54) is 18.2 Å². The number of likely N-dealkylation sites (tertiary alicyclic amines) is 2. The Balaban J connectivity index is 1.14. The molecule has 41 heavy (non-hydrogen) atoms. The summed E-state index contributed by atoms with van der Waals surface area (Å²) in [7, 11) is 1.63. The van der Waals surface area contributed by atoms with Gasteiger partial charge in [0.2, 0.25) is 0 Å². The highest BCUT2D eigenvalue weighted by molar-refractivity contribution is 6.34. The van der Waals surface area contributed by atoms with Crippen LogP contribution in [-0.4, -0.2) is 85.4 Å². The van der Waals surface area contributed by atoms with Crippen LogP contribution in [0.4, 0.5) is 18.9 Å². The van der Waals surface area contributed by atoms with Crippen LogP contribution in [0.3, 0.4) is 0 Å². The fraction of sp³-hybridized carbons (Fsp3) is 0.533. The number of hydrogen-bond acceptors (Lipinski definition) is 5. The summed E-state index contributed by atoms with van der Waals surface area (Å²) in [5.41, 5.74) is -2.60. The normalized spacial score (nSPS) is 21.0. The average Bonchev–Trinajstić information content (AvgIpc) is 2.95. The first-order valence-corrected chi connectivity index (χ1v) is 14.4. The third-order valence-electron chi connectivity index (χ3n) is 8.96. The van der Waals surface area contributed by atoms with Crippen molar-refractivity contribution >= 4 is 29.1 Å². The van der Waals surface area contributed by atoms with Crippen LogP contribution in [0.5, 0.6) is 0 Å². The molecule has 0 spiro atoms. The van der Waals surface area contributed by atoms with Gasteiger partial charge in [0, 0.05) is 57.6 Å². The minimum absolute atomic E-state index is 0.0726. The van der Waals surface area contributed by atoms with E-state index in [1.54, 1.807) is 18.1 Å². The summed E-state index contributed by atoms with van der Waals surface area (Å²) in [6, 6.07) is 12.1. The molecule has 11 heteroatoms. The Bertz CT molecular complexity index is 1240. The lowest BCUT2D eigenvalue weighted by Gasteiger charge is -2.42. The predicted octanol–water partition coefficient (Wildman–Crippen LogP) is 4.72. The monoisotopic (exact) mass is 593 g/mol. The first-order chi connectivity index (χ1) is 19.5. The third-order valence-corrected chi connectivity index (χ3v) is 9.27. The molecule has 1 atom stereocenters. The number of amides is 2. The van der Waals surface area contributed by atoms with Crippen molar-refractivity contribution in [2.24, 2.45) is 11.8 Å². The number of carbonyl (C=O) groups excluding carboxylic acids is 2. The smallest absolute Gasteiger partial charge is 0.378 e. The van der Waals surface area contributed by atoms with Crippen molar-refractivity contribution in [3.05, 3.63) is 64.7 Å². The lowest BCUT2D eigenvalue weighted by Crippen LogP contribution is -2.57. The number of aliphatic hydroxyl groups is 1. The molecule has 0 saturated carbocycles. The molecule has 3 aliphatic heterocycles. The van der Waals surface area contributed by atoms with Crippen LogP contribution in [-0.2, 0) is 15.1 Å². The van der Waals surface area contributed by atoms with Gasteiger partial charge in [-0.15, -0.1) is 0 Å². The van der Waals surface area contributed by atoms with Gasteiger partial charge < -0.3 is 24.5 Å². The van der Waals surface area contributed by atoms with Crippen LogP contribution in [0.15, 0.2) is 48.5 Å². The maximum atomic E-state index is 14.0. The van der Waals surface area contributed by atoms with E-state index in [0.717, 1.165) is 48.7 Å². The zero-order chi connectivity index (χ0) is 29.4. The summed E-state index contributed by atoms with van der Waals surface area (Å²) >= 11 is 6.50. The van der Waals surface area contributed by atoms with E-state index in [2.05, 4.69) is 4.90 Å². The van der Waals surface area contributed by atoms with Crippen LogP contribution < -0.4 is 4.90 Å². The number of hydrogen-bond donors (Lipinski definition) is 1. The zero-order valence-corrected chi connectivity index (χ0v) is 23.7. The Morgan fingerprint density at radius 1 is 0.902 bits per heavy atom. The predicted molar refractivity (Wildman–Crippen MR) is 149 cm³/mol. The number of nitrogens with zero attached hydrogens (tertiary/aromatic N) is 3. The Morgan fingerprint density at radius 2 is 1.49 bits per heavy atom. The third kappa shape index (κ3) is 5.79. The van der Waals surface area contributed by atoms with E-state index in [-0.39, 0.29) is 25.1 Å². The summed E-state index contributed by atoms with van der Waals surface area (Å²) in [6.07, 6.45) is -2.03. The van der Waals surface area contributed by atoms with Crippen molar-refractivity contribution < 1.29 is 32.6 Å². The Hall–Kier alpha value is -2.82. The van der Waals surface area contributed by atoms with Crippen LogP contribution in [0.1, 0.15) is 41.6 Å². The van der Waals surface area contributed by atoms with Gasteiger partial charge in [0.25, 0.3) is 17.4 Å². The van der Waals surface area contributed by atoms with E-state index in [1.807, 2.05) is 12.1 Å².